The number of carbonyl (C=O) groups excluding carboxylic acids is 1. The molecule has 2 bridgehead atoms. The lowest BCUT2D eigenvalue weighted by Crippen LogP contribution is -2.54. The summed E-state index contributed by atoms with van der Waals surface area (Å²) in [5.41, 5.74) is -0.419. The van der Waals surface area contributed by atoms with E-state index in [1.54, 1.807) is 17.6 Å². The second-order valence-corrected chi connectivity index (χ2v) is 11.8. The van der Waals surface area contributed by atoms with Crippen molar-refractivity contribution in [2.75, 3.05) is 11.9 Å². The van der Waals surface area contributed by atoms with Crippen LogP contribution in [0, 0.1) is 18.6 Å². The maximum absolute atomic E-state index is 14.1. The summed E-state index contributed by atoms with van der Waals surface area (Å²) in [7, 11) is -4.06. The maximum Gasteiger partial charge on any atom is 0.272 e. The van der Waals surface area contributed by atoms with Gasteiger partial charge in [0.1, 0.15) is 10.6 Å². The van der Waals surface area contributed by atoms with Crippen molar-refractivity contribution in [2.24, 2.45) is 0 Å². The van der Waals surface area contributed by atoms with Gasteiger partial charge in [-0.2, -0.15) is 4.31 Å². The molecule has 8 nitrogen and oxygen atoms in total. The van der Waals surface area contributed by atoms with Crippen LogP contribution in [0.15, 0.2) is 29.2 Å². The molecule has 5 rings (SSSR count). The zero-order valence-electron chi connectivity index (χ0n) is 19.9. The zero-order valence-corrected chi connectivity index (χ0v) is 20.7. The Labute approximate surface area is 208 Å². The summed E-state index contributed by atoms with van der Waals surface area (Å²) in [5.74, 6) is -2.76. The van der Waals surface area contributed by atoms with Crippen molar-refractivity contribution in [2.45, 2.75) is 74.6 Å². The van der Waals surface area contributed by atoms with Crippen molar-refractivity contribution in [1.82, 2.24) is 8.87 Å². The number of piperidine rings is 1. The molecule has 3 N–H and O–H groups in total. The monoisotopic (exact) mass is 521 g/mol. The first-order valence-electron chi connectivity index (χ1n) is 12.1. The number of aliphatic hydroxyl groups excluding tert-OH is 1. The van der Waals surface area contributed by atoms with Gasteiger partial charge >= 0.3 is 0 Å². The summed E-state index contributed by atoms with van der Waals surface area (Å²) in [4.78, 5) is 13.4. The number of benzene rings is 1. The van der Waals surface area contributed by atoms with E-state index in [0.717, 1.165) is 12.1 Å². The van der Waals surface area contributed by atoms with E-state index < -0.39 is 51.9 Å². The minimum absolute atomic E-state index is 0.0439. The number of hydrogen-bond acceptors (Lipinski definition) is 5. The molecule has 2 aromatic rings. The van der Waals surface area contributed by atoms with Gasteiger partial charge in [0.15, 0.2) is 11.6 Å². The average Bonchev–Trinajstić information content (AvgIpc) is 3.16. The molecule has 4 heterocycles. The number of nitrogens with zero attached hydrogens (tertiary/aromatic N) is 2. The van der Waals surface area contributed by atoms with E-state index in [4.69, 9.17) is 0 Å². The largest absolute Gasteiger partial charge is 0.393 e. The van der Waals surface area contributed by atoms with E-state index in [-0.39, 0.29) is 34.7 Å². The predicted octanol–water partition coefficient (Wildman–Crippen LogP) is 3.17. The van der Waals surface area contributed by atoms with E-state index in [0.29, 0.717) is 37.9 Å². The number of nitrogens with one attached hydrogen (secondary N) is 1. The number of anilines is 1. The first-order valence-corrected chi connectivity index (χ1v) is 13.5. The molecule has 2 saturated heterocycles. The fourth-order valence-electron chi connectivity index (χ4n) is 6.00. The van der Waals surface area contributed by atoms with Crippen LogP contribution in [0.4, 0.5) is 14.5 Å². The van der Waals surface area contributed by atoms with Crippen LogP contribution in [0.1, 0.15) is 60.3 Å². The quantitative estimate of drug-likeness (QED) is 0.560. The van der Waals surface area contributed by atoms with Gasteiger partial charge in [0.25, 0.3) is 5.91 Å². The predicted molar refractivity (Wildman–Crippen MR) is 129 cm³/mol. The van der Waals surface area contributed by atoms with E-state index in [1.807, 2.05) is 6.08 Å². The third kappa shape index (κ3) is 4.07. The minimum atomic E-state index is -4.06. The number of sulfonamides is 1. The van der Waals surface area contributed by atoms with Crippen LogP contribution in [-0.4, -0.2) is 57.7 Å². The molecule has 36 heavy (non-hydrogen) atoms. The smallest absolute Gasteiger partial charge is 0.272 e. The Kier molecular flexibility index (Phi) is 6.30. The molecule has 0 radical (unpaired) electrons. The summed E-state index contributed by atoms with van der Waals surface area (Å²) in [6.07, 6.45) is 6.47. The number of carbonyl (C=O) groups is 1. The molecule has 1 aromatic carbocycles. The molecular formula is C25H29F2N3O5S. The highest BCUT2D eigenvalue weighted by molar-refractivity contribution is 7.89. The van der Waals surface area contributed by atoms with Crippen LogP contribution in [-0.2, 0) is 16.6 Å². The van der Waals surface area contributed by atoms with E-state index in [9.17, 15) is 32.2 Å². The van der Waals surface area contributed by atoms with Gasteiger partial charge in [-0.05, 0) is 63.7 Å². The molecule has 0 spiro atoms. The highest BCUT2D eigenvalue weighted by atomic mass is 32.2. The Bertz CT molecular complexity index is 1340. The summed E-state index contributed by atoms with van der Waals surface area (Å²) < 4.78 is 58.5. The highest BCUT2D eigenvalue weighted by Gasteiger charge is 2.53. The molecule has 2 atom stereocenters. The zero-order chi connectivity index (χ0) is 25.8. The van der Waals surface area contributed by atoms with Crippen molar-refractivity contribution >= 4 is 27.7 Å². The summed E-state index contributed by atoms with van der Waals surface area (Å²) >= 11 is 0. The normalized spacial score (nSPS) is 26.0. The van der Waals surface area contributed by atoms with Gasteiger partial charge in [0.05, 0.1) is 17.9 Å². The summed E-state index contributed by atoms with van der Waals surface area (Å²) in [6, 6.07) is 2.13. The van der Waals surface area contributed by atoms with E-state index >= 15 is 0 Å². The van der Waals surface area contributed by atoms with Crippen molar-refractivity contribution in [3.8, 4) is 0 Å². The van der Waals surface area contributed by atoms with Gasteiger partial charge in [-0.25, -0.2) is 17.2 Å². The van der Waals surface area contributed by atoms with E-state index in [2.05, 4.69) is 5.32 Å². The van der Waals surface area contributed by atoms with Crippen molar-refractivity contribution in [3.05, 3.63) is 52.9 Å². The number of hydrogen-bond donors (Lipinski definition) is 3. The number of allylic oxidation sites excluding steroid dienone is 1. The molecule has 11 heteroatoms. The number of halogens is 2. The van der Waals surface area contributed by atoms with Crippen LogP contribution in [0.5, 0.6) is 0 Å². The second-order valence-electron chi connectivity index (χ2n) is 9.98. The summed E-state index contributed by atoms with van der Waals surface area (Å²) in [6.45, 7) is 1.57. The number of rotatable bonds is 5. The Balaban J connectivity index is 1.57. The first kappa shape index (κ1) is 25.1. The fraction of sp³-hybridized carbons (Fsp3) is 0.480. The average molecular weight is 522 g/mol. The van der Waals surface area contributed by atoms with Gasteiger partial charge in [-0.3, -0.25) is 4.79 Å². The first-order chi connectivity index (χ1) is 17.1. The third-order valence-corrected chi connectivity index (χ3v) is 9.71. The Morgan fingerprint density at radius 1 is 1.19 bits per heavy atom. The van der Waals surface area contributed by atoms with Gasteiger partial charge in [0.2, 0.25) is 10.0 Å². The second kappa shape index (κ2) is 9.05. The lowest BCUT2D eigenvalue weighted by molar-refractivity contribution is -0.0663. The molecule has 0 aliphatic carbocycles. The topological polar surface area (TPSA) is 112 Å². The number of aliphatic hydroxyl groups is 2. The van der Waals surface area contributed by atoms with Crippen LogP contribution in [0.2, 0.25) is 0 Å². The van der Waals surface area contributed by atoms with E-state index in [1.165, 1.54) is 10.4 Å². The number of aromatic nitrogens is 1. The lowest BCUT2D eigenvalue weighted by atomic mass is 9.88. The standard InChI is InChI=1S/C25H29F2N3O5S/c1-15-22(24(32)28-16-6-9-19(26)20(27)11-16)29-10-4-2-3-5-21(29)23(15)36(34,35)30-17-7-8-18(30)13-25(33,12-17)14-31/h3,5-6,9,11,17-18,31,33H,2,4,7-8,10,12-14H2,1H3,(H,28,32). The Morgan fingerprint density at radius 2 is 1.89 bits per heavy atom. The van der Waals surface area contributed by atoms with Crippen molar-refractivity contribution in [1.29, 1.82) is 0 Å². The molecule has 3 aliphatic heterocycles. The molecule has 2 unspecified atom stereocenters. The molecule has 2 fully saturated rings. The van der Waals surface area contributed by atoms with Crippen LogP contribution < -0.4 is 5.32 Å². The Morgan fingerprint density at radius 3 is 2.53 bits per heavy atom. The number of amides is 1. The van der Waals surface area contributed by atoms with Gasteiger partial charge in [-0.1, -0.05) is 6.08 Å². The Hall–Kier alpha value is -2.60. The lowest BCUT2D eigenvalue weighted by Gasteiger charge is -2.42. The molecular weight excluding hydrogens is 492 g/mol. The number of fused-ring (bicyclic) bond motifs is 3. The van der Waals surface area contributed by atoms with Crippen molar-refractivity contribution < 1.29 is 32.2 Å². The van der Waals surface area contributed by atoms with Crippen LogP contribution >= 0.6 is 0 Å². The summed E-state index contributed by atoms with van der Waals surface area (Å²) in [5, 5.41) is 22.9. The molecule has 3 aliphatic rings. The molecule has 1 aromatic heterocycles. The third-order valence-electron chi connectivity index (χ3n) is 7.52. The van der Waals surface area contributed by atoms with Gasteiger partial charge in [0, 0.05) is 35.9 Å². The van der Waals surface area contributed by atoms with Crippen molar-refractivity contribution in [3.63, 3.8) is 0 Å². The maximum atomic E-state index is 14.1. The SMILES string of the molecule is Cc1c(S(=O)(=O)N2C3CCC2CC(O)(CO)C3)c2n(c1C(=O)Nc1ccc(F)c(F)c1)CCCC=C2. The van der Waals surface area contributed by atoms with Gasteiger partial charge < -0.3 is 20.1 Å². The van der Waals surface area contributed by atoms with Crippen LogP contribution in [0.3, 0.4) is 0 Å². The van der Waals surface area contributed by atoms with Gasteiger partial charge in [-0.15, -0.1) is 0 Å². The fourth-order valence-corrected chi connectivity index (χ4v) is 8.28. The molecule has 194 valence electrons. The highest BCUT2D eigenvalue weighted by Crippen LogP contribution is 2.45. The molecule has 0 saturated carbocycles. The van der Waals surface area contributed by atoms with Crippen LogP contribution in [0.25, 0.3) is 6.08 Å². The molecule has 1 amide bonds. The minimum Gasteiger partial charge on any atom is -0.393 e.